The Morgan fingerprint density at radius 1 is 1.50 bits per heavy atom. The third kappa shape index (κ3) is 1.88. The zero-order valence-electron chi connectivity index (χ0n) is 9.38. The number of benzene rings is 1. The van der Waals surface area contributed by atoms with Crippen molar-refractivity contribution in [2.24, 2.45) is 0 Å². The number of aromatic nitrogens is 1. The molecule has 0 spiro atoms. The van der Waals surface area contributed by atoms with Crippen molar-refractivity contribution in [3.63, 3.8) is 0 Å². The highest BCUT2D eigenvalue weighted by Crippen LogP contribution is 2.28. The molecule has 1 heterocycles. The highest BCUT2D eigenvalue weighted by Gasteiger charge is 2.13. The molecular formula is C12H15ClN2O. The minimum absolute atomic E-state index is 0.170. The van der Waals surface area contributed by atoms with Gasteiger partial charge in [0.15, 0.2) is 0 Å². The van der Waals surface area contributed by atoms with E-state index in [1.54, 1.807) is 7.11 Å². The van der Waals surface area contributed by atoms with Gasteiger partial charge in [0.1, 0.15) is 5.75 Å². The molecule has 1 atom stereocenters. The van der Waals surface area contributed by atoms with Crippen LogP contribution in [-0.4, -0.2) is 12.1 Å². The van der Waals surface area contributed by atoms with Crippen LogP contribution in [-0.2, 0) is 0 Å². The fourth-order valence-electron chi connectivity index (χ4n) is 1.90. The smallest absolute Gasteiger partial charge is 0.120 e. The quantitative estimate of drug-likeness (QED) is 0.802. The molecule has 2 rings (SSSR count). The van der Waals surface area contributed by atoms with Crippen LogP contribution in [0.2, 0.25) is 0 Å². The average Bonchev–Trinajstić information content (AvgIpc) is 2.74. The third-order valence-electron chi connectivity index (χ3n) is 2.84. The number of nitrogens with one attached hydrogen (secondary N) is 2. The lowest BCUT2D eigenvalue weighted by Crippen LogP contribution is -2.09. The van der Waals surface area contributed by atoms with Crippen LogP contribution < -0.4 is 9.57 Å². The molecule has 0 saturated carbocycles. The Kier molecular flexibility index (Phi) is 3.36. The van der Waals surface area contributed by atoms with Crippen LogP contribution in [0.5, 0.6) is 5.75 Å². The van der Waals surface area contributed by atoms with Gasteiger partial charge in [-0.1, -0.05) is 6.92 Å². The van der Waals surface area contributed by atoms with Gasteiger partial charge in [0.2, 0.25) is 0 Å². The summed E-state index contributed by atoms with van der Waals surface area (Å²) < 4.78 is 5.18. The Balaban J connectivity index is 2.48. The first-order chi connectivity index (χ1) is 7.80. The molecule has 0 amide bonds. The highest BCUT2D eigenvalue weighted by atomic mass is 35.5. The summed E-state index contributed by atoms with van der Waals surface area (Å²) in [4.78, 5) is 6.03. The van der Waals surface area contributed by atoms with Gasteiger partial charge in [-0.2, -0.15) is 0 Å². The molecule has 86 valence electrons. The molecule has 3 nitrogen and oxygen atoms in total. The van der Waals surface area contributed by atoms with Crippen LogP contribution in [0.1, 0.15) is 24.9 Å². The summed E-state index contributed by atoms with van der Waals surface area (Å²) in [6.45, 7) is 2.10. The van der Waals surface area contributed by atoms with E-state index in [1.807, 2.05) is 18.3 Å². The van der Waals surface area contributed by atoms with Gasteiger partial charge >= 0.3 is 0 Å². The Labute approximate surface area is 99.9 Å². The molecule has 0 aliphatic rings. The van der Waals surface area contributed by atoms with E-state index in [0.29, 0.717) is 0 Å². The molecule has 1 unspecified atom stereocenters. The average molecular weight is 239 g/mol. The Morgan fingerprint density at radius 2 is 2.31 bits per heavy atom. The first-order valence-electron chi connectivity index (χ1n) is 5.31. The van der Waals surface area contributed by atoms with Crippen LogP contribution in [0.25, 0.3) is 10.9 Å². The summed E-state index contributed by atoms with van der Waals surface area (Å²) in [7, 11) is 1.67. The molecule has 16 heavy (non-hydrogen) atoms. The molecule has 4 heteroatoms. The van der Waals surface area contributed by atoms with Crippen molar-refractivity contribution < 1.29 is 4.74 Å². The predicted octanol–water partition coefficient (Wildman–Crippen LogP) is 3.37. The van der Waals surface area contributed by atoms with Gasteiger partial charge in [-0.05, 0) is 35.9 Å². The molecule has 2 aromatic rings. The number of ether oxygens (including phenoxy) is 1. The molecule has 0 saturated heterocycles. The highest BCUT2D eigenvalue weighted by molar-refractivity contribution is 6.13. The molecule has 0 aliphatic carbocycles. The number of H-pyrrole nitrogens is 1. The fourth-order valence-corrected chi connectivity index (χ4v) is 2.17. The molecule has 0 aliphatic heterocycles. The lowest BCUT2D eigenvalue weighted by molar-refractivity contribution is 0.415. The van der Waals surface area contributed by atoms with Gasteiger partial charge in [0.25, 0.3) is 0 Å². The zero-order valence-corrected chi connectivity index (χ0v) is 10.1. The molecule has 2 N–H and O–H groups in total. The van der Waals surface area contributed by atoms with Crippen molar-refractivity contribution in [3.8, 4) is 5.75 Å². The second-order valence-electron chi connectivity index (χ2n) is 3.73. The van der Waals surface area contributed by atoms with Crippen molar-refractivity contribution in [2.75, 3.05) is 7.11 Å². The second-order valence-corrected chi connectivity index (χ2v) is 3.94. The first kappa shape index (κ1) is 11.3. The molecule has 1 aromatic carbocycles. The maximum atomic E-state index is 5.73. The fraction of sp³-hybridized carbons (Fsp3) is 0.333. The van der Waals surface area contributed by atoms with E-state index in [-0.39, 0.29) is 6.04 Å². The van der Waals surface area contributed by atoms with Crippen LogP contribution in [0.4, 0.5) is 0 Å². The number of aromatic amines is 1. The van der Waals surface area contributed by atoms with Gasteiger partial charge in [-0.3, -0.25) is 0 Å². The van der Waals surface area contributed by atoms with Crippen molar-refractivity contribution in [1.82, 2.24) is 9.82 Å². The van der Waals surface area contributed by atoms with E-state index in [1.165, 1.54) is 10.9 Å². The second kappa shape index (κ2) is 4.76. The number of rotatable bonds is 4. The standard InChI is InChI=1S/C12H15ClN2O/c1-3-11(15-13)10-7-14-12-6-8(16-2)4-5-9(10)12/h4-7,11,14-15H,3H2,1-2H3. The van der Waals surface area contributed by atoms with Crippen LogP contribution in [0.3, 0.4) is 0 Å². The number of hydrogen-bond acceptors (Lipinski definition) is 2. The van der Waals surface area contributed by atoms with Crippen molar-refractivity contribution in [1.29, 1.82) is 0 Å². The molecular weight excluding hydrogens is 224 g/mol. The van der Waals surface area contributed by atoms with Gasteiger partial charge in [-0.15, -0.1) is 0 Å². The maximum Gasteiger partial charge on any atom is 0.120 e. The van der Waals surface area contributed by atoms with Gasteiger partial charge in [0.05, 0.1) is 7.11 Å². The summed E-state index contributed by atoms with van der Waals surface area (Å²) in [5.41, 5.74) is 2.26. The number of hydrogen-bond donors (Lipinski definition) is 2. The van der Waals surface area contributed by atoms with E-state index < -0.39 is 0 Å². The predicted molar refractivity (Wildman–Crippen MR) is 66.9 cm³/mol. The first-order valence-corrected chi connectivity index (χ1v) is 5.69. The van der Waals surface area contributed by atoms with Gasteiger partial charge < -0.3 is 9.72 Å². The maximum absolute atomic E-state index is 5.73. The van der Waals surface area contributed by atoms with E-state index in [2.05, 4.69) is 22.8 Å². The SMILES string of the molecule is CCC(NCl)c1c[nH]c2cc(OC)ccc12. The van der Waals surface area contributed by atoms with Crippen LogP contribution in [0, 0.1) is 0 Å². The Hall–Kier alpha value is -1.19. The van der Waals surface area contributed by atoms with E-state index >= 15 is 0 Å². The minimum Gasteiger partial charge on any atom is -0.497 e. The lowest BCUT2D eigenvalue weighted by atomic mass is 10.0. The topological polar surface area (TPSA) is 37.0 Å². The molecule has 0 radical (unpaired) electrons. The summed E-state index contributed by atoms with van der Waals surface area (Å²) in [5.74, 6) is 0.854. The van der Waals surface area contributed by atoms with E-state index in [0.717, 1.165) is 17.7 Å². The third-order valence-corrected chi connectivity index (χ3v) is 3.10. The normalized spacial score (nSPS) is 12.9. The molecule has 0 fully saturated rings. The number of methoxy groups -OCH3 is 1. The zero-order chi connectivity index (χ0) is 11.5. The largest absolute Gasteiger partial charge is 0.497 e. The summed E-state index contributed by atoms with van der Waals surface area (Å²) in [6.07, 6.45) is 2.94. The minimum atomic E-state index is 0.170. The van der Waals surface area contributed by atoms with Crippen LogP contribution in [0.15, 0.2) is 24.4 Å². The lowest BCUT2D eigenvalue weighted by Gasteiger charge is -2.10. The Bertz CT molecular complexity index is 477. The summed E-state index contributed by atoms with van der Waals surface area (Å²) in [5, 5.41) is 1.18. The molecule has 1 aromatic heterocycles. The molecule has 0 bridgehead atoms. The van der Waals surface area contributed by atoms with Gasteiger partial charge in [-0.25, -0.2) is 4.84 Å². The van der Waals surface area contributed by atoms with Gasteiger partial charge in [0, 0.05) is 29.2 Å². The monoisotopic (exact) mass is 238 g/mol. The van der Waals surface area contributed by atoms with E-state index in [9.17, 15) is 0 Å². The summed E-state index contributed by atoms with van der Waals surface area (Å²) >= 11 is 5.73. The van der Waals surface area contributed by atoms with Crippen molar-refractivity contribution in [3.05, 3.63) is 30.0 Å². The number of fused-ring (bicyclic) bond motifs is 1. The van der Waals surface area contributed by atoms with Crippen LogP contribution >= 0.6 is 11.8 Å². The van der Waals surface area contributed by atoms with Crippen molar-refractivity contribution >= 4 is 22.7 Å². The number of halogens is 1. The Morgan fingerprint density at radius 3 is 2.94 bits per heavy atom. The van der Waals surface area contributed by atoms with Crippen molar-refractivity contribution in [2.45, 2.75) is 19.4 Å². The summed E-state index contributed by atoms with van der Waals surface area (Å²) in [6, 6.07) is 6.17. The van der Waals surface area contributed by atoms with E-state index in [4.69, 9.17) is 16.5 Å².